The zero-order valence-corrected chi connectivity index (χ0v) is 12.2. The van der Waals surface area contributed by atoms with Gasteiger partial charge in [-0.05, 0) is 29.7 Å². The number of aromatic hydroxyl groups is 1. The van der Waals surface area contributed by atoms with Gasteiger partial charge in [0.2, 0.25) is 0 Å². The Balaban J connectivity index is 1.78. The van der Waals surface area contributed by atoms with E-state index in [-0.39, 0.29) is 11.7 Å². The molecule has 0 heterocycles. The van der Waals surface area contributed by atoms with E-state index in [1.807, 2.05) is 30.3 Å². The predicted molar refractivity (Wildman–Crippen MR) is 91.5 cm³/mol. The lowest BCUT2D eigenvalue weighted by molar-refractivity contribution is 0.0955. The third kappa shape index (κ3) is 3.13. The van der Waals surface area contributed by atoms with Crippen LogP contribution in [0.25, 0.3) is 10.8 Å². The van der Waals surface area contributed by atoms with Gasteiger partial charge in [-0.25, -0.2) is 5.43 Å². The molecule has 0 spiro atoms. The first kappa shape index (κ1) is 14.6. The molecule has 23 heavy (non-hydrogen) atoms. The van der Waals surface area contributed by atoms with E-state index < -0.39 is 0 Å². The number of nitrogens with one attached hydrogen (secondary N) is 1. The van der Waals surface area contributed by atoms with Crippen molar-refractivity contribution in [2.24, 2.45) is 5.10 Å². The van der Waals surface area contributed by atoms with Crippen LogP contribution in [0.3, 0.4) is 0 Å². The molecule has 5 heteroatoms. The number of nitrogen functional groups attached to an aromatic ring is 1. The fourth-order valence-electron chi connectivity index (χ4n) is 2.28. The van der Waals surface area contributed by atoms with Crippen LogP contribution in [0.1, 0.15) is 15.9 Å². The summed E-state index contributed by atoms with van der Waals surface area (Å²) in [5.74, 6) is -0.237. The summed E-state index contributed by atoms with van der Waals surface area (Å²) in [5, 5.41) is 15.8. The molecule has 4 N–H and O–H groups in total. The van der Waals surface area contributed by atoms with Gasteiger partial charge in [-0.1, -0.05) is 36.4 Å². The lowest BCUT2D eigenvalue weighted by Crippen LogP contribution is -2.17. The Kier molecular flexibility index (Phi) is 3.93. The summed E-state index contributed by atoms with van der Waals surface area (Å²) in [7, 11) is 0. The molecule has 0 aromatic heterocycles. The van der Waals surface area contributed by atoms with E-state index in [9.17, 15) is 9.90 Å². The van der Waals surface area contributed by atoms with Gasteiger partial charge < -0.3 is 10.8 Å². The second kappa shape index (κ2) is 6.19. The van der Waals surface area contributed by atoms with Gasteiger partial charge in [0, 0.05) is 22.2 Å². The van der Waals surface area contributed by atoms with Gasteiger partial charge in [0.15, 0.2) is 0 Å². The largest absolute Gasteiger partial charge is 0.507 e. The minimum Gasteiger partial charge on any atom is -0.507 e. The number of hydrogen-bond acceptors (Lipinski definition) is 4. The molecular formula is C18H15N3O2. The molecule has 0 bridgehead atoms. The first-order chi connectivity index (χ1) is 11.1. The van der Waals surface area contributed by atoms with Crippen LogP contribution < -0.4 is 11.2 Å². The number of carbonyl (C=O) groups is 1. The van der Waals surface area contributed by atoms with E-state index in [2.05, 4.69) is 10.5 Å². The number of carbonyl (C=O) groups excluding carboxylic acids is 1. The molecule has 3 aromatic carbocycles. The number of benzene rings is 3. The SMILES string of the molecule is Nc1cccc(C(=O)N/N=C/c2ccc3ccccc3c2O)c1. The van der Waals surface area contributed by atoms with Gasteiger partial charge in [-0.15, -0.1) is 0 Å². The Bertz CT molecular complexity index is 904. The molecule has 114 valence electrons. The van der Waals surface area contributed by atoms with Gasteiger partial charge >= 0.3 is 0 Å². The van der Waals surface area contributed by atoms with Crippen LogP contribution in [0, 0.1) is 0 Å². The number of phenolic OH excluding ortho intramolecular Hbond substituents is 1. The van der Waals surface area contributed by atoms with Crippen LogP contribution in [-0.2, 0) is 0 Å². The number of rotatable bonds is 3. The first-order valence-corrected chi connectivity index (χ1v) is 7.05. The molecule has 1 amide bonds. The second-order valence-corrected chi connectivity index (χ2v) is 5.05. The monoisotopic (exact) mass is 305 g/mol. The quantitative estimate of drug-likeness (QED) is 0.395. The lowest BCUT2D eigenvalue weighted by Gasteiger charge is -2.04. The van der Waals surface area contributed by atoms with Crippen molar-refractivity contribution >= 4 is 28.6 Å². The van der Waals surface area contributed by atoms with Gasteiger partial charge in [0.1, 0.15) is 5.75 Å². The van der Waals surface area contributed by atoms with Crippen LogP contribution in [0.15, 0.2) is 65.8 Å². The van der Waals surface area contributed by atoms with Gasteiger partial charge in [0.05, 0.1) is 6.21 Å². The molecule has 5 nitrogen and oxygen atoms in total. The molecule has 0 fully saturated rings. The predicted octanol–water partition coefficient (Wildman–Crippen LogP) is 2.89. The number of amides is 1. The van der Waals surface area contributed by atoms with Gasteiger partial charge in [-0.2, -0.15) is 5.10 Å². The van der Waals surface area contributed by atoms with Crippen LogP contribution in [0.5, 0.6) is 5.75 Å². The molecule has 0 aliphatic heterocycles. The highest BCUT2D eigenvalue weighted by Crippen LogP contribution is 2.27. The van der Waals surface area contributed by atoms with Crippen molar-refractivity contribution in [3.05, 3.63) is 71.8 Å². The molecule has 0 saturated heterocycles. The van der Waals surface area contributed by atoms with Crippen LogP contribution in [0.2, 0.25) is 0 Å². The molecule has 0 atom stereocenters. The van der Waals surface area contributed by atoms with E-state index >= 15 is 0 Å². The van der Waals surface area contributed by atoms with Crippen LogP contribution in [0.4, 0.5) is 5.69 Å². The number of nitrogens with two attached hydrogens (primary N) is 1. The van der Waals surface area contributed by atoms with Crippen molar-refractivity contribution in [2.75, 3.05) is 5.73 Å². The maximum Gasteiger partial charge on any atom is 0.271 e. The second-order valence-electron chi connectivity index (χ2n) is 5.05. The van der Waals surface area contributed by atoms with Crippen LogP contribution >= 0.6 is 0 Å². The summed E-state index contributed by atoms with van der Waals surface area (Å²) in [4.78, 5) is 11.9. The number of nitrogens with zero attached hydrogens (tertiary/aromatic N) is 1. The molecular weight excluding hydrogens is 290 g/mol. The van der Waals surface area contributed by atoms with Crippen molar-refractivity contribution in [1.82, 2.24) is 5.43 Å². The lowest BCUT2D eigenvalue weighted by atomic mass is 10.1. The number of hydrazone groups is 1. The molecule has 0 aliphatic rings. The number of fused-ring (bicyclic) bond motifs is 1. The van der Waals surface area contributed by atoms with Crippen molar-refractivity contribution < 1.29 is 9.90 Å². The number of anilines is 1. The minimum atomic E-state index is -0.367. The Hall–Kier alpha value is -3.34. The zero-order chi connectivity index (χ0) is 16.2. The van der Waals surface area contributed by atoms with E-state index in [4.69, 9.17) is 5.73 Å². The maximum atomic E-state index is 11.9. The van der Waals surface area contributed by atoms with Gasteiger partial charge in [-0.3, -0.25) is 4.79 Å². The normalized spacial score (nSPS) is 11.0. The summed E-state index contributed by atoms with van der Waals surface area (Å²) < 4.78 is 0. The molecule has 0 aliphatic carbocycles. The average Bonchev–Trinajstić information content (AvgIpc) is 2.57. The Morgan fingerprint density at radius 1 is 1.09 bits per heavy atom. The highest BCUT2D eigenvalue weighted by atomic mass is 16.3. The van der Waals surface area contributed by atoms with Crippen molar-refractivity contribution in [2.45, 2.75) is 0 Å². The third-order valence-corrected chi connectivity index (χ3v) is 3.45. The number of hydrogen-bond donors (Lipinski definition) is 3. The standard InChI is InChI=1S/C18H15N3O2/c19-15-6-3-5-13(10-15)18(23)21-20-11-14-9-8-12-4-1-2-7-16(12)17(14)22/h1-11,22H,19H2,(H,21,23)/b20-11+. The Morgan fingerprint density at radius 2 is 1.91 bits per heavy atom. The molecule has 0 radical (unpaired) electrons. The molecule has 3 aromatic rings. The van der Waals surface area contributed by atoms with Crippen molar-refractivity contribution in [1.29, 1.82) is 0 Å². The molecule has 0 saturated carbocycles. The minimum absolute atomic E-state index is 0.130. The Labute approximate surface area is 133 Å². The Morgan fingerprint density at radius 3 is 2.74 bits per heavy atom. The van der Waals surface area contributed by atoms with Crippen LogP contribution in [-0.4, -0.2) is 17.2 Å². The highest BCUT2D eigenvalue weighted by molar-refractivity contribution is 5.98. The smallest absolute Gasteiger partial charge is 0.271 e. The van der Waals surface area contributed by atoms with E-state index in [0.29, 0.717) is 16.8 Å². The fraction of sp³-hybridized carbons (Fsp3) is 0. The molecule has 0 unspecified atom stereocenters. The number of phenols is 1. The summed E-state index contributed by atoms with van der Waals surface area (Å²) in [6.45, 7) is 0. The van der Waals surface area contributed by atoms with Crippen molar-refractivity contribution in [3.63, 3.8) is 0 Å². The fourth-order valence-corrected chi connectivity index (χ4v) is 2.28. The third-order valence-electron chi connectivity index (χ3n) is 3.45. The molecule has 3 rings (SSSR count). The maximum absolute atomic E-state index is 11.9. The summed E-state index contributed by atoms with van der Waals surface area (Å²) in [5.41, 5.74) is 9.51. The van der Waals surface area contributed by atoms with E-state index in [1.54, 1.807) is 30.3 Å². The van der Waals surface area contributed by atoms with Gasteiger partial charge in [0.25, 0.3) is 5.91 Å². The highest BCUT2D eigenvalue weighted by Gasteiger charge is 2.06. The topological polar surface area (TPSA) is 87.7 Å². The van der Waals surface area contributed by atoms with E-state index in [1.165, 1.54) is 6.21 Å². The first-order valence-electron chi connectivity index (χ1n) is 7.05. The summed E-state index contributed by atoms with van der Waals surface area (Å²) >= 11 is 0. The van der Waals surface area contributed by atoms with Crippen molar-refractivity contribution in [3.8, 4) is 5.75 Å². The summed E-state index contributed by atoms with van der Waals surface area (Å²) in [6, 6.07) is 17.7. The van der Waals surface area contributed by atoms with E-state index in [0.717, 1.165) is 10.8 Å². The average molecular weight is 305 g/mol. The zero-order valence-electron chi connectivity index (χ0n) is 12.2. The summed E-state index contributed by atoms with van der Waals surface area (Å²) in [6.07, 6.45) is 1.41.